The Balaban J connectivity index is 2.97. The normalized spacial score (nSPS) is 15.0. The third-order valence-electron chi connectivity index (χ3n) is 6.82. The highest BCUT2D eigenvalue weighted by molar-refractivity contribution is 5.92. The first-order valence-electron chi connectivity index (χ1n) is 15.6. The number of alkyl carbamates (subject to hydrolysis) is 1. The maximum Gasteiger partial charge on any atom is 0.408 e. The van der Waals surface area contributed by atoms with Gasteiger partial charge in [-0.15, -0.1) is 0 Å². The molecule has 45 heavy (non-hydrogen) atoms. The van der Waals surface area contributed by atoms with Crippen molar-refractivity contribution in [3.63, 3.8) is 0 Å². The Kier molecular flexibility index (Phi) is 16.0. The molecule has 4 amide bonds. The molecule has 0 aliphatic carbocycles. The van der Waals surface area contributed by atoms with Crippen molar-refractivity contribution in [1.29, 1.82) is 0 Å². The fourth-order valence-electron chi connectivity index (χ4n) is 4.36. The van der Waals surface area contributed by atoms with E-state index >= 15 is 0 Å². The molecule has 12 nitrogen and oxygen atoms in total. The number of aliphatic hydroxyl groups excluding tert-OH is 1. The van der Waals surface area contributed by atoms with Crippen molar-refractivity contribution in [3.8, 4) is 0 Å². The predicted octanol–water partition coefficient (Wildman–Crippen LogP) is 3.21. The molecule has 0 fully saturated rings. The zero-order valence-corrected chi connectivity index (χ0v) is 28.4. The predicted molar refractivity (Wildman–Crippen MR) is 171 cm³/mol. The van der Waals surface area contributed by atoms with E-state index in [0.29, 0.717) is 0 Å². The van der Waals surface area contributed by atoms with Crippen LogP contribution in [0.4, 0.5) is 4.79 Å². The van der Waals surface area contributed by atoms with Crippen LogP contribution in [0.2, 0.25) is 0 Å². The van der Waals surface area contributed by atoms with Crippen molar-refractivity contribution in [3.05, 3.63) is 35.9 Å². The van der Waals surface area contributed by atoms with E-state index in [2.05, 4.69) is 21.3 Å². The maximum atomic E-state index is 13.4. The number of ether oxygens (including phenoxy) is 2. The van der Waals surface area contributed by atoms with Crippen molar-refractivity contribution in [2.45, 2.75) is 125 Å². The summed E-state index contributed by atoms with van der Waals surface area (Å²) >= 11 is 0. The second-order valence-electron chi connectivity index (χ2n) is 13.4. The van der Waals surface area contributed by atoms with Gasteiger partial charge < -0.3 is 35.8 Å². The number of benzene rings is 1. The molecule has 0 saturated carbocycles. The number of esters is 1. The molecular formula is C33H54N4O8. The van der Waals surface area contributed by atoms with E-state index in [1.165, 1.54) is 0 Å². The molecule has 12 heteroatoms. The monoisotopic (exact) mass is 634 g/mol. The lowest BCUT2D eigenvalue weighted by atomic mass is 9.99. The topological polar surface area (TPSA) is 172 Å². The summed E-state index contributed by atoms with van der Waals surface area (Å²) in [5.74, 6) is -3.32. The zero-order chi connectivity index (χ0) is 34.5. The Bertz CT molecular complexity index is 1120. The molecule has 5 N–H and O–H groups in total. The summed E-state index contributed by atoms with van der Waals surface area (Å²) in [6.07, 6.45) is -2.06. The average molecular weight is 635 g/mol. The van der Waals surface area contributed by atoms with Crippen LogP contribution in [-0.4, -0.2) is 70.8 Å². The van der Waals surface area contributed by atoms with E-state index in [1.54, 1.807) is 55.4 Å². The van der Waals surface area contributed by atoms with Gasteiger partial charge in [-0.3, -0.25) is 14.4 Å². The summed E-state index contributed by atoms with van der Waals surface area (Å²) in [6, 6.07) is 5.12. The Hall–Kier alpha value is -3.67. The zero-order valence-electron chi connectivity index (χ0n) is 28.4. The molecule has 1 aromatic carbocycles. The van der Waals surface area contributed by atoms with Crippen LogP contribution < -0.4 is 21.3 Å². The number of nitrogens with one attached hydrogen (secondary N) is 4. The van der Waals surface area contributed by atoms with Gasteiger partial charge in [-0.1, -0.05) is 78.8 Å². The Morgan fingerprint density at radius 1 is 0.778 bits per heavy atom. The largest absolute Gasteiger partial charge is 0.459 e. The molecule has 0 spiro atoms. The van der Waals surface area contributed by atoms with Crippen LogP contribution in [0, 0.1) is 17.8 Å². The summed E-state index contributed by atoms with van der Waals surface area (Å²) in [6.45, 7) is 17.6. The van der Waals surface area contributed by atoms with E-state index in [0.717, 1.165) is 5.56 Å². The summed E-state index contributed by atoms with van der Waals surface area (Å²) in [4.78, 5) is 64.9. The molecule has 0 bridgehead atoms. The molecule has 0 heterocycles. The summed E-state index contributed by atoms with van der Waals surface area (Å²) < 4.78 is 10.7. The number of carbonyl (C=O) groups excluding carboxylic acids is 5. The lowest BCUT2D eigenvalue weighted by molar-refractivity contribution is -0.150. The summed E-state index contributed by atoms with van der Waals surface area (Å²) in [5, 5.41) is 21.4. The van der Waals surface area contributed by atoms with Crippen LogP contribution in [0.5, 0.6) is 0 Å². The van der Waals surface area contributed by atoms with Crippen molar-refractivity contribution in [1.82, 2.24) is 21.3 Å². The van der Waals surface area contributed by atoms with E-state index < -0.39 is 65.7 Å². The van der Waals surface area contributed by atoms with Gasteiger partial charge in [0.05, 0.1) is 6.04 Å². The maximum absolute atomic E-state index is 13.4. The second-order valence-corrected chi connectivity index (χ2v) is 13.4. The first-order valence-corrected chi connectivity index (χ1v) is 15.6. The summed E-state index contributed by atoms with van der Waals surface area (Å²) in [7, 11) is 0. The van der Waals surface area contributed by atoms with Gasteiger partial charge in [-0.05, 0) is 56.9 Å². The fraction of sp³-hybridized carbons (Fsp3) is 0.667. The van der Waals surface area contributed by atoms with Crippen LogP contribution in [0.15, 0.2) is 30.3 Å². The number of hydrogen-bond acceptors (Lipinski definition) is 8. The van der Waals surface area contributed by atoms with Crippen LogP contribution in [0.3, 0.4) is 0 Å². The number of rotatable bonds is 16. The molecule has 0 aromatic heterocycles. The molecule has 0 saturated heterocycles. The molecule has 0 aliphatic heterocycles. The van der Waals surface area contributed by atoms with Gasteiger partial charge >= 0.3 is 12.1 Å². The standard InChI is InChI=1S/C33H54N4O8/c1-11-23(34-29(40)25(20(4)5)37-32(43)45-33(8,9)10)27(38)30(41)35-24(17-19(2)3)28(39)36-26(21(6)7)31(42)44-18-22-15-13-12-14-16-22/h12-16,19-21,23-27,38H,11,17-18H2,1-10H3,(H,34,40)(H,35,41)(H,36,39)(H,37,43)/t23-,24+,25-,26-,27+/m0/s1. The molecule has 1 aromatic rings. The molecule has 0 radical (unpaired) electrons. The van der Waals surface area contributed by atoms with Crippen molar-refractivity contribution >= 4 is 29.8 Å². The van der Waals surface area contributed by atoms with Gasteiger partial charge in [0.15, 0.2) is 6.10 Å². The first kappa shape index (κ1) is 39.4. The molecular weight excluding hydrogens is 580 g/mol. The number of hydrogen-bond donors (Lipinski definition) is 5. The van der Waals surface area contributed by atoms with Crippen molar-refractivity contribution in [2.24, 2.45) is 17.8 Å². The lowest BCUT2D eigenvalue weighted by Crippen LogP contribution is -2.59. The Morgan fingerprint density at radius 2 is 1.36 bits per heavy atom. The minimum absolute atomic E-state index is 0.0203. The smallest absolute Gasteiger partial charge is 0.408 e. The third kappa shape index (κ3) is 14.3. The highest BCUT2D eigenvalue weighted by Crippen LogP contribution is 2.13. The Labute approximate surface area is 267 Å². The molecule has 0 aliphatic rings. The van der Waals surface area contributed by atoms with Crippen LogP contribution in [0.1, 0.15) is 87.6 Å². The van der Waals surface area contributed by atoms with Crippen molar-refractivity contribution < 1.29 is 38.6 Å². The highest BCUT2D eigenvalue weighted by Gasteiger charge is 2.35. The van der Waals surface area contributed by atoms with Crippen molar-refractivity contribution in [2.75, 3.05) is 0 Å². The number of amides is 4. The minimum atomic E-state index is -1.70. The molecule has 0 unspecified atom stereocenters. The quantitative estimate of drug-likeness (QED) is 0.173. The first-order chi connectivity index (χ1) is 20.9. The molecule has 5 atom stereocenters. The van der Waals surface area contributed by atoms with Gasteiger partial charge in [-0.2, -0.15) is 0 Å². The third-order valence-corrected chi connectivity index (χ3v) is 6.82. The molecule has 1 rings (SSSR count). The van der Waals surface area contributed by atoms with Gasteiger partial charge in [0, 0.05) is 0 Å². The van der Waals surface area contributed by atoms with Gasteiger partial charge in [-0.25, -0.2) is 9.59 Å². The second kappa shape index (κ2) is 18.3. The van der Waals surface area contributed by atoms with Crippen LogP contribution in [-0.2, 0) is 35.3 Å². The fourth-order valence-corrected chi connectivity index (χ4v) is 4.36. The van der Waals surface area contributed by atoms with E-state index in [9.17, 15) is 29.1 Å². The lowest BCUT2D eigenvalue weighted by Gasteiger charge is -2.29. The molecule has 254 valence electrons. The van der Waals surface area contributed by atoms with Crippen LogP contribution >= 0.6 is 0 Å². The SMILES string of the molecule is CC[C@H](NC(=O)[C@@H](NC(=O)OC(C)(C)C)C(C)C)[C@@H](O)C(=O)N[C@H](CC(C)C)C(=O)N[C@H](C(=O)OCc1ccccc1)C(C)C. The number of aliphatic hydroxyl groups is 1. The van der Waals surface area contributed by atoms with E-state index in [-0.39, 0.29) is 37.2 Å². The van der Waals surface area contributed by atoms with Gasteiger partial charge in [0.25, 0.3) is 5.91 Å². The van der Waals surface area contributed by atoms with E-state index in [4.69, 9.17) is 9.47 Å². The summed E-state index contributed by atoms with van der Waals surface area (Å²) in [5.41, 5.74) is 0.0373. The number of carbonyl (C=O) groups is 5. The Morgan fingerprint density at radius 3 is 1.84 bits per heavy atom. The van der Waals surface area contributed by atoms with Gasteiger partial charge in [0.2, 0.25) is 11.8 Å². The van der Waals surface area contributed by atoms with Gasteiger partial charge in [0.1, 0.15) is 30.3 Å². The van der Waals surface area contributed by atoms with E-state index in [1.807, 2.05) is 44.2 Å². The minimum Gasteiger partial charge on any atom is -0.459 e. The highest BCUT2D eigenvalue weighted by atomic mass is 16.6. The average Bonchev–Trinajstić information content (AvgIpc) is 2.94. The van der Waals surface area contributed by atoms with Crippen LogP contribution in [0.25, 0.3) is 0 Å².